The normalized spacial score (nSPS) is 23.4. The lowest BCUT2D eigenvalue weighted by Gasteiger charge is -2.46. The van der Waals surface area contributed by atoms with Crippen molar-refractivity contribution in [1.82, 2.24) is 25.1 Å². The average molecular weight is 539 g/mol. The van der Waals surface area contributed by atoms with Crippen LogP contribution in [0.15, 0.2) is 36.7 Å². The molecule has 6 rings (SSSR count). The first-order valence-electron chi connectivity index (χ1n) is 14.2. The zero-order chi connectivity index (χ0) is 28.1. The molecule has 0 atom stereocenters. The molecule has 9 heteroatoms. The van der Waals surface area contributed by atoms with Crippen LogP contribution >= 0.6 is 0 Å². The molecule has 0 spiro atoms. The Labute approximate surface area is 235 Å². The number of nitriles is 1. The van der Waals surface area contributed by atoms with Crippen LogP contribution in [0.4, 0.5) is 11.4 Å². The van der Waals surface area contributed by atoms with Gasteiger partial charge in [-0.05, 0) is 66.3 Å². The van der Waals surface area contributed by atoms with Gasteiger partial charge in [-0.25, -0.2) is 4.98 Å². The molecule has 0 bridgehead atoms. The van der Waals surface area contributed by atoms with E-state index < -0.39 is 0 Å². The molecule has 3 aliphatic rings. The molecule has 2 aromatic heterocycles. The monoisotopic (exact) mass is 538 g/mol. The number of anilines is 2. The van der Waals surface area contributed by atoms with E-state index >= 15 is 0 Å². The number of rotatable bonds is 9. The van der Waals surface area contributed by atoms with E-state index in [4.69, 9.17) is 4.98 Å². The van der Waals surface area contributed by atoms with Crippen LogP contribution in [0.25, 0.3) is 0 Å². The fourth-order valence-corrected chi connectivity index (χ4v) is 6.38. The predicted octanol–water partition coefficient (Wildman–Crippen LogP) is 4.66. The second-order valence-electron chi connectivity index (χ2n) is 13.1. The Kier molecular flexibility index (Phi) is 6.42. The predicted molar refractivity (Wildman–Crippen MR) is 154 cm³/mol. The molecule has 1 amide bonds. The summed E-state index contributed by atoms with van der Waals surface area (Å²) in [5, 5.41) is 28.1. The Hall–Kier alpha value is -3.77. The molecule has 1 aromatic carbocycles. The molecular weight excluding hydrogens is 500 g/mol. The zero-order valence-electron chi connectivity index (χ0n) is 23.8. The summed E-state index contributed by atoms with van der Waals surface area (Å²) in [6.45, 7) is 9.11. The lowest BCUT2D eigenvalue weighted by Crippen LogP contribution is -2.44. The lowest BCUT2D eigenvalue weighted by molar-refractivity contribution is 0.102. The molecule has 2 aliphatic carbocycles. The smallest absolute Gasteiger partial charge is 0.274 e. The molecule has 2 saturated carbocycles. The maximum atomic E-state index is 13.6. The highest BCUT2D eigenvalue weighted by molar-refractivity contribution is 6.03. The van der Waals surface area contributed by atoms with Crippen molar-refractivity contribution in [3.05, 3.63) is 65.0 Å². The third-order valence-corrected chi connectivity index (χ3v) is 9.12. The molecule has 2 fully saturated rings. The maximum absolute atomic E-state index is 13.6. The number of pyridine rings is 1. The van der Waals surface area contributed by atoms with Crippen LogP contribution in [0.3, 0.4) is 0 Å². The number of carbonyl (C=O) groups excluding carboxylic acids is 1. The fraction of sp³-hybridized carbons (Fsp3) is 0.516. The Morgan fingerprint density at radius 3 is 2.73 bits per heavy atom. The number of carbonyl (C=O) groups is 1. The van der Waals surface area contributed by atoms with Crippen LogP contribution in [0.5, 0.6) is 0 Å². The van der Waals surface area contributed by atoms with Gasteiger partial charge in [0.15, 0.2) is 0 Å². The van der Waals surface area contributed by atoms with E-state index in [1.165, 1.54) is 12.8 Å². The van der Waals surface area contributed by atoms with Gasteiger partial charge >= 0.3 is 0 Å². The third kappa shape index (κ3) is 4.75. The Morgan fingerprint density at radius 2 is 2.02 bits per heavy atom. The van der Waals surface area contributed by atoms with E-state index in [1.54, 1.807) is 6.33 Å². The van der Waals surface area contributed by atoms with E-state index in [1.807, 2.05) is 35.9 Å². The van der Waals surface area contributed by atoms with E-state index in [9.17, 15) is 10.1 Å². The van der Waals surface area contributed by atoms with Crippen molar-refractivity contribution in [3.63, 3.8) is 0 Å². The summed E-state index contributed by atoms with van der Waals surface area (Å²) in [6.07, 6.45) is 6.44. The molecule has 0 saturated heterocycles. The van der Waals surface area contributed by atoms with Gasteiger partial charge in [0.2, 0.25) is 0 Å². The summed E-state index contributed by atoms with van der Waals surface area (Å²) in [6, 6.07) is 12.2. The van der Waals surface area contributed by atoms with Crippen LogP contribution in [-0.4, -0.2) is 38.7 Å². The second kappa shape index (κ2) is 9.70. The van der Waals surface area contributed by atoms with Gasteiger partial charge in [0, 0.05) is 44.2 Å². The van der Waals surface area contributed by atoms with E-state index in [2.05, 4.69) is 59.1 Å². The molecule has 40 heavy (non-hydrogen) atoms. The highest BCUT2D eigenvalue weighted by atomic mass is 16.1. The van der Waals surface area contributed by atoms with Crippen molar-refractivity contribution in [3.8, 4) is 6.07 Å². The molecule has 0 radical (unpaired) electrons. The first-order chi connectivity index (χ1) is 19.1. The van der Waals surface area contributed by atoms with Gasteiger partial charge in [-0.2, -0.15) is 5.26 Å². The van der Waals surface area contributed by atoms with Gasteiger partial charge < -0.3 is 20.5 Å². The van der Waals surface area contributed by atoms with Crippen molar-refractivity contribution in [2.45, 2.75) is 70.3 Å². The fourth-order valence-electron chi connectivity index (χ4n) is 6.38. The van der Waals surface area contributed by atoms with Crippen molar-refractivity contribution in [1.29, 1.82) is 5.26 Å². The van der Waals surface area contributed by atoms with Gasteiger partial charge in [-0.15, -0.1) is 10.2 Å². The van der Waals surface area contributed by atoms with Gasteiger partial charge in [-0.3, -0.25) is 4.79 Å². The van der Waals surface area contributed by atoms with Crippen LogP contribution in [0.2, 0.25) is 0 Å². The first-order valence-corrected chi connectivity index (χ1v) is 14.2. The summed E-state index contributed by atoms with van der Waals surface area (Å²) in [5.74, 6) is 0.987. The molecule has 208 valence electrons. The van der Waals surface area contributed by atoms with E-state index in [-0.39, 0.29) is 16.7 Å². The number of nitrogens with zero attached hydrogens (tertiary/aromatic N) is 5. The molecular formula is C31H38N8O. The van der Waals surface area contributed by atoms with E-state index in [0.29, 0.717) is 35.7 Å². The molecule has 3 aromatic rings. The topological polar surface area (TPSA) is 121 Å². The second-order valence-corrected chi connectivity index (χ2v) is 13.1. The molecule has 9 nitrogen and oxygen atoms in total. The summed E-state index contributed by atoms with van der Waals surface area (Å²) in [7, 11) is 1.95. The highest BCUT2D eigenvalue weighted by Crippen LogP contribution is 2.53. The minimum absolute atomic E-state index is 0.157. The summed E-state index contributed by atoms with van der Waals surface area (Å²) >= 11 is 0. The Morgan fingerprint density at radius 1 is 1.23 bits per heavy atom. The number of hydrogen-bond acceptors (Lipinski definition) is 7. The number of fused-ring (bicyclic) bond motifs is 1. The number of amides is 1. The van der Waals surface area contributed by atoms with Crippen LogP contribution < -0.4 is 16.0 Å². The standard InChI is InChI=1S/C31H38N8O/c1-29(2)17-34-25-21(16-33-18-30(3)9-10-30)12-24(37-26(25)29)27(40)36-23-7-5-6-22(13-23)31(14-20(15-31)8-11-32)28-38-35-19-39(28)4/h5-7,12-13,19-20,33-34H,8-10,14-18H2,1-4H3,(H,36,40). The van der Waals surface area contributed by atoms with Gasteiger partial charge in [-0.1, -0.05) is 32.9 Å². The number of benzene rings is 1. The zero-order valence-corrected chi connectivity index (χ0v) is 23.8. The minimum Gasteiger partial charge on any atom is -0.382 e. The third-order valence-electron chi connectivity index (χ3n) is 9.12. The minimum atomic E-state index is -0.327. The maximum Gasteiger partial charge on any atom is 0.274 e. The lowest BCUT2D eigenvalue weighted by atomic mass is 9.57. The number of hydrogen-bond donors (Lipinski definition) is 3. The van der Waals surface area contributed by atoms with Crippen molar-refractivity contribution >= 4 is 17.3 Å². The summed E-state index contributed by atoms with van der Waals surface area (Å²) < 4.78 is 1.96. The number of aryl methyl sites for hydroxylation is 1. The van der Waals surface area contributed by atoms with Crippen LogP contribution in [-0.2, 0) is 24.4 Å². The molecule has 0 unspecified atom stereocenters. The van der Waals surface area contributed by atoms with Gasteiger partial charge in [0.25, 0.3) is 5.91 Å². The highest BCUT2D eigenvalue weighted by Gasteiger charge is 2.49. The van der Waals surface area contributed by atoms with Gasteiger partial charge in [0.05, 0.1) is 22.9 Å². The van der Waals surface area contributed by atoms with Gasteiger partial charge in [0.1, 0.15) is 17.8 Å². The Bertz CT molecular complexity index is 1490. The molecule has 1 aliphatic heterocycles. The van der Waals surface area contributed by atoms with Crippen molar-refractivity contribution in [2.75, 3.05) is 23.7 Å². The Balaban J connectivity index is 1.26. The van der Waals surface area contributed by atoms with Crippen LogP contribution in [0, 0.1) is 22.7 Å². The quantitative estimate of drug-likeness (QED) is 0.362. The largest absolute Gasteiger partial charge is 0.382 e. The first kappa shape index (κ1) is 26.5. The summed E-state index contributed by atoms with van der Waals surface area (Å²) in [4.78, 5) is 18.5. The van der Waals surface area contributed by atoms with E-state index in [0.717, 1.165) is 54.3 Å². The van der Waals surface area contributed by atoms with Crippen LogP contribution in [0.1, 0.15) is 86.0 Å². The number of nitrogens with one attached hydrogen (secondary N) is 3. The summed E-state index contributed by atoms with van der Waals surface area (Å²) in [5.41, 5.74) is 5.22. The van der Waals surface area contributed by atoms with Crippen molar-refractivity contribution < 1.29 is 4.79 Å². The molecule has 3 heterocycles. The number of aromatic nitrogens is 4. The molecule has 3 N–H and O–H groups in total. The van der Waals surface area contributed by atoms with Crippen molar-refractivity contribution in [2.24, 2.45) is 18.4 Å². The average Bonchev–Trinajstić information content (AvgIpc) is 3.34. The SMILES string of the molecule is Cn1cnnc1C1(c2cccc(NC(=O)c3cc(CNCC4(C)CC4)c4c(n3)C(C)(C)CN4)c2)CC(CC#N)C1.